The highest BCUT2D eigenvalue weighted by Gasteiger charge is 2.45. The van der Waals surface area contributed by atoms with Crippen LogP contribution in [0.2, 0.25) is 0 Å². The van der Waals surface area contributed by atoms with Gasteiger partial charge in [0.05, 0.1) is 11.3 Å². The van der Waals surface area contributed by atoms with Crippen molar-refractivity contribution in [2.24, 2.45) is 7.05 Å². The number of pyridine rings is 1. The average Bonchev–Trinajstić information content (AvgIpc) is 3.45. The molecule has 0 aliphatic heterocycles. The minimum atomic E-state index is -0.00259. The molecule has 1 amide bonds. The van der Waals surface area contributed by atoms with Crippen molar-refractivity contribution in [1.29, 1.82) is 0 Å². The molecule has 0 bridgehead atoms. The van der Waals surface area contributed by atoms with Crippen molar-refractivity contribution in [3.63, 3.8) is 0 Å². The predicted octanol–water partition coefficient (Wildman–Crippen LogP) is 2.15. The summed E-state index contributed by atoms with van der Waals surface area (Å²) in [6.45, 7) is 0.655. The second kappa shape index (κ2) is 4.93. The highest BCUT2D eigenvalue weighted by Crippen LogP contribution is 2.46. The smallest absolute Gasteiger partial charge is 0.254 e. The Labute approximate surface area is 129 Å². The second-order valence-electron chi connectivity index (χ2n) is 6.55. The number of rotatable bonds is 5. The van der Waals surface area contributed by atoms with Crippen LogP contribution in [0.4, 0.5) is 0 Å². The number of nitrogens with one attached hydrogen (secondary N) is 1. The van der Waals surface area contributed by atoms with Crippen LogP contribution in [0.3, 0.4) is 0 Å². The van der Waals surface area contributed by atoms with E-state index in [4.69, 9.17) is 0 Å². The molecule has 2 aromatic heterocycles. The Bertz CT molecular complexity index is 699. The summed E-state index contributed by atoms with van der Waals surface area (Å²) in [5.74, 6) is 0.477. The van der Waals surface area contributed by atoms with E-state index in [1.165, 1.54) is 0 Å². The normalized spacial score (nSPS) is 19.0. The molecule has 2 saturated carbocycles. The molecule has 22 heavy (non-hydrogen) atoms. The fourth-order valence-corrected chi connectivity index (χ4v) is 3.03. The first kappa shape index (κ1) is 13.5. The summed E-state index contributed by atoms with van der Waals surface area (Å²) >= 11 is 0. The number of amides is 1. The lowest BCUT2D eigenvalue weighted by Crippen LogP contribution is -2.33. The standard InChI is InChI=1S/C17H20N4O/c1-21-10-13(15(20-21)12-5-6-12)16(22)19-11-17(7-8-17)14-4-2-3-9-18-14/h2-4,9-10,12H,5-8,11H2,1H3,(H,19,22). The minimum absolute atomic E-state index is 0.00259. The topological polar surface area (TPSA) is 59.8 Å². The van der Waals surface area contributed by atoms with E-state index < -0.39 is 0 Å². The number of hydrogen-bond donors (Lipinski definition) is 1. The lowest BCUT2D eigenvalue weighted by Gasteiger charge is -2.15. The molecule has 0 spiro atoms. The molecule has 5 heteroatoms. The van der Waals surface area contributed by atoms with Gasteiger partial charge in [-0.25, -0.2) is 0 Å². The zero-order valence-corrected chi connectivity index (χ0v) is 12.7. The van der Waals surface area contributed by atoms with E-state index in [0.29, 0.717) is 12.5 Å². The van der Waals surface area contributed by atoms with E-state index in [0.717, 1.165) is 42.6 Å². The van der Waals surface area contributed by atoms with Gasteiger partial charge in [0.2, 0.25) is 0 Å². The highest BCUT2D eigenvalue weighted by atomic mass is 16.1. The fourth-order valence-electron chi connectivity index (χ4n) is 3.03. The third-order valence-corrected chi connectivity index (χ3v) is 4.72. The number of aromatic nitrogens is 3. The summed E-state index contributed by atoms with van der Waals surface area (Å²) in [6.07, 6.45) is 8.14. The largest absolute Gasteiger partial charge is 0.351 e. The lowest BCUT2D eigenvalue weighted by molar-refractivity contribution is 0.0948. The SMILES string of the molecule is Cn1cc(C(=O)NCC2(c3ccccn3)CC2)c(C2CC2)n1. The number of nitrogens with zero attached hydrogens (tertiary/aromatic N) is 3. The van der Waals surface area contributed by atoms with Crippen LogP contribution in [0, 0.1) is 0 Å². The number of aryl methyl sites for hydroxylation is 1. The van der Waals surface area contributed by atoms with Crippen molar-refractivity contribution in [2.75, 3.05) is 6.54 Å². The number of carbonyl (C=O) groups excluding carboxylic acids is 1. The first-order chi connectivity index (χ1) is 10.7. The third kappa shape index (κ3) is 2.40. The van der Waals surface area contributed by atoms with Crippen molar-refractivity contribution in [3.05, 3.63) is 47.5 Å². The minimum Gasteiger partial charge on any atom is -0.351 e. The zero-order chi connectivity index (χ0) is 15.2. The lowest BCUT2D eigenvalue weighted by atomic mass is 10.0. The fraction of sp³-hybridized carbons (Fsp3) is 0.471. The van der Waals surface area contributed by atoms with Gasteiger partial charge in [0.1, 0.15) is 0 Å². The van der Waals surface area contributed by atoms with Crippen LogP contribution in [0.1, 0.15) is 53.3 Å². The van der Waals surface area contributed by atoms with Crippen LogP contribution in [0.25, 0.3) is 0 Å². The van der Waals surface area contributed by atoms with Gasteiger partial charge in [-0.1, -0.05) is 6.07 Å². The van der Waals surface area contributed by atoms with Gasteiger partial charge in [-0.05, 0) is 37.8 Å². The van der Waals surface area contributed by atoms with Crippen molar-refractivity contribution in [3.8, 4) is 0 Å². The Kier molecular flexibility index (Phi) is 3.03. The van der Waals surface area contributed by atoms with E-state index >= 15 is 0 Å². The van der Waals surface area contributed by atoms with E-state index in [1.807, 2.05) is 31.6 Å². The summed E-state index contributed by atoms with van der Waals surface area (Å²) in [6, 6.07) is 5.99. The summed E-state index contributed by atoms with van der Waals surface area (Å²) in [5, 5.41) is 7.56. The molecule has 4 rings (SSSR count). The van der Waals surface area contributed by atoms with Gasteiger partial charge in [-0.15, -0.1) is 0 Å². The van der Waals surface area contributed by atoms with Crippen molar-refractivity contribution < 1.29 is 4.79 Å². The molecule has 2 heterocycles. The molecule has 0 saturated heterocycles. The van der Waals surface area contributed by atoms with Gasteiger partial charge >= 0.3 is 0 Å². The van der Waals surface area contributed by atoms with Gasteiger partial charge in [0.15, 0.2) is 0 Å². The maximum Gasteiger partial charge on any atom is 0.254 e. The Morgan fingerprint density at radius 1 is 1.41 bits per heavy atom. The van der Waals surface area contributed by atoms with E-state index in [9.17, 15) is 4.79 Å². The molecule has 0 radical (unpaired) electrons. The van der Waals surface area contributed by atoms with Gasteiger partial charge in [0, 0.05) is 43.0 Å². The van der Waals surface area contributed by atoms with Crippen LogP contribution < -0.4 is 5.32 Å². The van der Waals surface area contributed by atoms with Crippen LogP contribution in [0.15, 0.2) is 30.6 Å². The molecule has 114 valence electrons. The van der Waals surface area contributed by atoms with E-state index in [1.54, 1.807) is 4.68 Å². The quantitative estimate of drug-likeness (QED) is 0.919. The molecule has 5 nitrogen and oxygen atoms in total. The first-order valence-corrected chi connectivity index (χ1v) is 7.91. The highest BCUT2D eigenvalue weighted by molar-refractivity contribution is 5.95. The van der Waals surface area contributed by atoms with Crippen LogP contribution >= 0.6 is 0 Å². The summed E-state index contributed by atoms with van der Waals surface area (Å²) in [4.78, 5) is 17.0. The zero-order valence-electron chi connectivity index (χ0n) is 12.7. The molecule has 1 N–H and O–H groups in total. The molecule has 2 fully saturated rings. The molecule has 0 aromatic carbocycles. The van der Waals surface area contributed by atoms with Gasteiger partial charge < -0.3 is 5.32 Å². The Morgan fingerprint density at radius 3 is 2.86 bits per heavy atom. The second-order valence-corrected chi connectivity index (χ2v) is 6.55. The molecular formula is C17H20N4O. The molecule has 0 unspecified atom stereocenters. The Hall–Kier alpha value is -2.17. The number of carbonyl (C=O) groups is 1. The molecule has 2 aliphatic carbocycles. The van der Waals surface area contributed by atoms with Crippen LogP contribution in [-0.4, -0.2) is 27.2 Å². The van der Waals surface area contributed by atoms with E-state index in [-0.39, 0.29) is 11.3 Å². The van der Waals surface area contributed by atoms with Gasteiger partial charge in [-0.2, -0.15) is 5.10 Å². The molecule has 0 atom stereocenters. The average molecular weight is 296 g/mol. The first-order valence-electron chi connectivity index (χ1n) is 7.91. The van der Waals surface area contributed by atoms with Crippen molar-refractivity contribution >= 4 is 5.91 Å². The molecule has 2 aliphatic rings. The summed E-state index contributed by atoms with van der Waals surface area (Å²) in [5.41, 5.74) is 2.83. The van der Waals surface area contributed by atoms with E-state index in [2.05, 4.69) is 21.5 Å². The van der Waals surface area contributed by atoms with Crippen molar-refractivity contribution in [1.82, 2.24) is 20.1 Å². The van der Waals surface area contributed by atoms with Crippen LogP contribution in [0.5, 0.6) is 0 Å². The third-order valence-electron chi connectivity index (χ3n) is 4.72. The summed E-state index contributed by atoms with van der Waals surface area (Å²) < 4.78 is 1.74. The maximum atomic E-state index is 12.5. The summed E-state index contributed by atoms with van der Waals surface area (Å²) in [7, 11) is 1.87. The predicted molar refractivity (Wildman–Crippen MR) is 82.7 cm³/mol. The Morgan fingerprint density at radius 2 is 2.23 bits per heavy atom. The molecular weight excluding hydrogens is 276 g/mol. The molecule has 2 aromatic rings. The maximum absolute atomic E-state index is 12.5. The monoisotopic (exact) mass is 296 g/mol. The van der Waals surface area contributed by atoms with Crippen LogP contribution in [-0.2, 0) is 12.5 Å². The Balaban J connectivity index is 1.47. The van der Waals surface area contributed by atoms with Gasteiger partial charge in [-0.3, -0.25) is 14.5 Å². The van der Waals surface area contributed by atoms with Crippen molar-refractivity contribution in [2.45, 2.75) is 37.0 Å². The number of hydrogen-bond acceptors (Lipinski definition) is 3. The van der Waals surface area contributed by atoms with Gasteiger partial charge in [0.25, 0.3) is 5.91 Å².